The molecule has 0 fully saturated rings. The number of hydrogen-bond donors (Lipinski definition) is 1. The number of para-hydroxylation sites is 1. The van der Waals surface area contributed by atoms with Crippen molar-refractivity contribution in [2.75, 3.05) is 11.9 Å². The molecule has 1 N–H and O–H groups in total. The van der Waals surface area contributed by atoms with Crippen molar-refractivity contribution < 1.29 is 13.5 Å². The SMILES string of the molecule is Cc1ccccc1-n1nc(-c2c(-c3ccc(F)cc3F)nn3c2NC[C@H](OCc2ccccc2)C3)ccc1=O. The number of hydrogen-bond acceptors (Lipinski definition) is 5. The molecule has 0 amide bonds. The average Bonchev–Trinajstić information content (AvgIpc) is 3.31. The lowest BCUT2D eigenvalue weighted by molar-refractivity contribution is 0.0320. The molecule has 3 aromatic carbocycles. The molecule has 1 aliphatic rings. The van der Waals surface area contributed by atoms with Gasteiger partial charge in [-0.2, -0.15) is 14.9 Å². The fraction of sp³-hybridized carbons (Fsp3) is 0.167. The number of nitrogens with one attached hydrogen (secondary N) is 1. The van der Waals surface area contributed by atoms with Gasteiger partial charge in [0.1, 0.15) is 23.1 Å². The lowest BCUT2D eigenvalue weighted by Gasteiger charge is -2.26. The van der Waals surface area contributed by atoms with Gasteiger partial charge in [0.15, 0.2) is 0 Å². The predicted octanol–water partition coefficient (Wildman–Crippen LogP) is 5.36. The standard InChI is InChI=1S/C30H25F2N5O2/c1-19-7-5-6-10-26(19)37-27(38)14-13-25(34-37)28-29(23-12-11-21(31)15-24(23)32)35-36-17-22(16-33-30(28)36)39-18-20-8-3-2-4-9-20/h2-15,22,33H,16-18H2,1H3/t22-/m0/s1. The number of anilines is 1. The number of halogens is 2. The van der Waals surface area contributed by atoms with Gasteiger partial charge in [-0.15, -0.1) is 0 Å². The fourth-order valence-corrected chi connectivity index (χ4v) is 4.77. The molecule has 9 heteroatoms. The minimum Gasteiger partial charge on any atom is -0.370 e. The molecule has 0 aliphatic carbocycles. The molecule has 5 aromatic rings. The molecule has 0 spiro atoms. The molecule has 0 unspecified atom stereocenters. The Morgan fingerprint density at radius 2 is 1.77 bits per heavy atom. The number of nitrogens with zero attached hydrogens (tertiary/aromatic N) is 4. The van der Waals surface area contributed by atoms with Crippen LogP contribution in [-0.4, -0.2) is 32.2 Å². The minimum atomic E-state index is -0.740. The molecule has 1 aliphatic heterocycles. The number of aromatic nitrogens is 4. The van der Waals surface area contributed by atoms with E-state index in [2.05, 4.69) is 10.4 Å². The molecule has 196 valence electrons. The monoisotopic (exact) mass is 525 g/mol. The van der Waals surface area contributed by atoms with Crippen LogP contribution in [0, 0.1) is 18.6 Å². The third kappa shape index (κ3) is 4.84. The molecule has 0 radical (unpaired) electrons. The second-order valence-corrected chi connectivity index (χ2v) is 9.43. The van der Waals surface area contributed by atoms with E-state index in [9.17, 15) is 9.18 Å². The summed E-state index contributed by atoms with van der Waals surface area (Å²) in [6.45, 7) is 3.25. The number of rotatable bonds is 6. The minimum absolute atomic E-state index is 0.132. The fourth-order valence-electron chi connectivity index (χ4n) is 4.77. The van der Waals surface area contributed by atoms with Crippen LogP contribution < -0.4 is 10.9 Å². The van der Waals surface area contributed by atoms with Crippen molar-refractivity contribution in [3.8, 4) is 28.2 Å². The average molecular weight is 526 g/mol. The summed E-state index contributed by atoms with van der Waals surface area (Å²) in [6, 6.07) is 23.7. The second kappa shape index (κ2) is 10.3. The number of aryl methyl sites for hydroxylation is 1. The van der Waals surface area contributed by atoms with E-state index in [0.717, 1.165) is 17.2 Å². The molecule has 39 heavy (non-hydrogen) atoms. The van der Waals surface area contributed by atoms with E-state index in [1.165, 1.54) is 22.9 Å². The summed E-state index contributed by atoms with van der Waals surface area (Å²) >= 11 is 0. The Hall–Kier alpha value is -4.63. The Kier molecular flexibility index (Phi) is 6.50. The summed E-state index contributed by atoms with van der Waals surface area (Å²) in [7, 11) is 0. The highest BCUT2D eigenvalue weighted by Crippen LogP contribution is 2.39. The van der Waals surface area contributed by atoms with Crippen LogP contribution in [0.4, 0.5) is 14.6 Å². The van der Waals surface area contributed by atoms with E-state index in [-0.39, 0.29) is 17.2 Å². The number of benzene rings is 3. The molecule has 2 aromatic heterocycles. The first-order valence-electron chi connectivity index (χ1n) is 12.6. The molecular weight excluding hydrogens is 500 g/mol. The van der Waals surface area contributed by atoms with Crippen LogP contribution >= 0.6 is 0 Å². The Morgan fingerprint density at radius 1 is 0.974 bits per heavy atom. The van der Waals surface area contributed by atoms with Gasteiger partial charge in [0.05, 0.1) is 36.2 Å². The third-order valence-corrected chi connectivity index (χ3v) is 6.74. The van der Waals surface area contributed by atoms with Crippen molar-refractivity contribution >= 4 is 5.82 Å². The van der Waals surface area contributed by atoms with Gasteiger partial charge in [-0.25, -0.2) is 13.5 Å². The van der Waals surface area contributed by atoms with Crippen molar-refractivity contribution in [2.45, 2.75) is 26.2 Å². The Labute approximate surface area is 223 Å². The quantitative estimate of drug-likeness (QED) is 0.323. The zero-order chi connectivity index (χ0) is 26.9. The Morgan fingerprint density at radius 3 is 2.56 bits per heavy atom. The topological polar surface area (TPSA) is 74.0 Å². The smallest absolute Gasteiger partial charge is 0.271 e. The van der Waals surface area contributed by atoms with Crippen LogP contribution in [0.1, 0.15) is 11.1 Å². The first-order chi connectivity index (χ1) is 19.0. The summed E-state index contributed by atoms with van der Waals surface area (Å²) in [4.78, 5) is 12.8. The molecule has 0 bridgehead atoms. The molecule has 0 saturated carbocycles. The first-order valence-corrected chi connectivity index (χ1v) is 12.6. The molecule has 6 rings (SSSR count). The predicted molar refractivity (Wildman–Crippen MR) is 145 cm³/mol. The molecular formula is C30H25F2N5O2. The molecule has 0 saturated heterocycles. The van der Waals surface area contributed by atoms with Crippen molar-refractivity contribution in [1.82, 2.24) is 19.6 Å². The van der Waals surface area contributed by atoms with Crippen molar-refractivity contribution in [3.63, 3.8) is 0 Å². The third-order valence-electron chi connectivity index (χ3n) is 6.74. The normalized spacial score (nSPS) is 14.6. The maximum absolute atomic E-state index is 15.0. The lowest BCUT2D eigenvalue weighted by atomic mass is 10.0. The van der Waals surface area contributed by atoms with Gasteiger partial charge in [-0.1, -0.05) is 48.5 Å². The van der Waals surface area contributed by atoms with E-state index < -0.39 is 11.6 Å². The van der Waals surface area contributed by atoms with Crippen LogP contribution in [0.15, 0.2) is 89.7 Å². The summed E-state index contributed by atoms with van der Waals surface area (Å²) < 4.78 is 38.0. The zero-order valence-corrected chi connectivity index (χ0v) is 21.1. The van der Waals surface area contributed by atoms with Gasteiger partial charge in [-0.3, -0.25) is 4.79 Å². The second-order valence-electron chi connectivity index (χ2n) is 9.43. The van der Waals surface area contributed by atoms with E-state index in [4.69, 9.17) is 9.84 Å². The van der Waals surface area contributed by atoms with Gasteiger partial charge in [0.25, 0.3) is 5.56 Å². The highest BCUT2D eigenvalue weighted by atomic mass is 19.1. The Bertz CT molecular complexity index is 1710. The van der Waals surface area contributed by atoms with Gasteiger partial charge in [0.2, 0.25) is 0 Å². The number of ether oxygens (including phenoxy) is 1. The van der Waals surface area contributed by atoms with Crippen molar-refractivity contribution in [3.05, 3.63) is 118 Å². The lowest BCUT2D eigenvalue weighted by Crippen LogP contribution is -2.34. The van der Waals surface area contributed by atoms with Gasteiger partial charge >= 0.3 is 0 Å². The zero-order valence-electron chi connectivity index (χ0n) is 21.1. The maximum Gasteiger partial charge on any atom is 0.271 e. The summed E-state index contributed by atoms with van der Waals surface area (Å²) in [5, 5.41) is 12.8. The molecule has 1 atom stereocenters. The van der Waals surface area contributed by atoms with Crippen LogP contribution in [-0.2, 0) is 17.9 Å². The first kappa shape index (κ1) is 24.7. The maximum atomic E-state index is 15.0. The van der Waals surface area contributed by atoms with Crippen LogP contribution in [0.3, 0.4) is 0 Å². The highest BCUT2D eigenvalue weighted by molar-refractivity contribution is 5.87. The van der Waals surface area contributed by atoms with Crippen molar-refractivity contribution in [1.29, 1.82) is 0 Å². The number of fused-ring (bicyclic) bond motifs is 1. The molecule has 3 heterocycles. The summed E-state index contributed by atoms with van der Waals surface area (Å²) in [6.07, 6.45) is -0.190. The highest BCUT2D eigenvalue weighted by Gasteiger charge is 2.29. The van der Waals surface area contributed by atoms with Crippen LogP contribution in [0.5, 0.6) is 0 Å². The molecule has 7 nitrogen and oxygen atoms in total. The Balaban J connectivity index is 1.43. The van der Waals surface area contributed by atoms with Crippen LogP contribution in [0.25, 0.3) is 28.2 Å². The summed E-state index contributed by atoms with van der Waals surface area (Å²) in [5.41, 5.74) is 3.64. The van der Waals surface area contributed by atoms with E-state index in [1.54, 1.807) is 10.7 Å². The van der Waals surface area contributed by atoms with Gasteiger partial charge < -0.3 is 10.1 Å². The largest absolute Gasteiger partial charge is 0.370 e. The van der Waals surface area contributed by atoms with E-state index in [1.807, 2.05) is 61.5 Å². The summed E-state index contributed by atoms with van der Waals surface area (Å²) in [5.74, 6) is -0.799. The van der Waals surface area contributed by atoms with E-state index in [0.29, 0.717) is 48.2 Å². The van der Waals surface area contributed by atoms with Gasteiger partial charge in [0, 0.05) is 24.2 Å². The van der Waals surface area contributed by atoms with Gasteiger partial charge in [-0.05, 0) is 42.3 Å². The van der Waals surface area contributed by atoms with Crippen molar-refractivity contribution in [2.24, 2.45) is 0 Å². The van der Waals surface area contributed by atoms with Crippen LogP contribution in [0.2, 0.25) is 0 Å². The van der Waals surface area contributed by atoms with E-state index >= 15 is 4.39 Å².